The predicted octanol–water partition coefficient (Wildman–Crippen LogP) is 1.93. The number of benzene rings is 1. The Kier molecular flexibility index (Phi) is 3.31. The minimum absolute atomic E-state index is 0.0299. The number of hydrogen-bond acceptors (Lipinski definition) is 4. The van der Waals surface area contributed by atoms with E-state index in [4.69, 9.17) is 9.47 Å². The molecule has 0 saturated heterocycles. The predicted molar refractivity (Wildman–Crippen MR) is 53.4 cm³/mol. The van der Waals surface area contributed by atoms with Gasteiger partial charge in [0.2, 0.25) is 0 Å². The average molecular weight is 262 g/mol. The summed E-state index contributed by atoms with van der Waals surface area (Å²) in [6.07, 6.45) is -5.74. The van der Waals surface area contributed by atoms with Crippen molar-refractivity contribution in [2.24, 2.45) is 0 Å². The Bertz CT molecular complexity index is 444. The van der Waals surface area contributed by atoms with E-state index in [1.165, 1.54) is 0 Å². The Hall–Kier alpha value is -1.92. The van der Waals surface area contributed by atoms with Crippen molar-refractivity contribution >= 4 is 5.97 Å². The summed E-state index contributed by atoms with van der Waals surface area (Å²) in [5.41, 5.74) is 0. The van der Waals surface area contributed by atoms with E-state index < -0.39 is 24.9 Å². The highest BCUT2D eigenvalue weighted by atomic mass is 19.4. The van der Waals surface area contributed by atoms with Gasteiger partial charge in [-0.2, -0.15) is 13.2 Å². The van der Waals surface area contributed by atoms with E-state index in [-0.39, 0.29) is 6.61 Å². The van der Waals surface area contributed by atoms with Gasteiger partial charge < -0.3 is 14.2 Å². The minimum atomic E-state index is -4.99. The zero-order chi connectivity index (χ0) is 13.2. The van der Waals surface area contributed by atoms with Crippen molar-refractivity contribution in [2.75, 3.05) is 13.2 Å². The molecule has 7 heteroatoms. The zero-order valence-electron chi connectivity index (χ0n) is 9.07. The molecule has 0 saturated carbocycles. The Morgan fingerprint density at radius 1 is 1.33 bits per heavy atom. The maximum absolute atomic E-state index is 11.9. The molecule has 18 heavy (non-hydrogen) atoms. The molecule has 0 aliphatic carbocycles. The van der Waals surface area contributed by atoms with E-state index >= 15 is 0 Å². The third-order valence-corrected chi connectivity index (χ3v) is 2.20. The molecule has 1 aliphatic heterocycles. The summed E-state index contributed by atoms with van der Waals surface area (Å²) in [5.74, 6) is -1.31. The van der Waals surface area contributed by atoms with Gasteiger partial charge >= 0.3 is 12.1 Å². The van der Waals surface area contributed by atoms with E-state index in [0.717, 1.165) is 0 Å². The lowest BCUT2D eigenvalue weighted by Gasteiger charge is -2.26. The SMILES string of the molecule is O=C(OCC1COc2ccccc2O1)C(F)(F)F. The number of alkyl halides is 3. The second-order valence-electron chi connectivity index (χ2n) is 3.59. The maximum atomic E-state index is 11.9. The zero-order valence-corrected chi connectivity index (χ0v) is 9.07. The third-order valence-electron chi connectivity index (χ3n) is 2.20. The van der Waals surface area contributed by atoms with Gasteiger partial charge in [0.05, 0.1) is 0 Å². The van der Waals surface area contributed by atoms with Crippen LogP contribution in [0.1, 0.15) is 0 Å². The second-order valence-corrected chi connectivity index (χ2v) is 3.59. The largest absolute Gasteiger partial charge is 0.490 e. The molecular formula is C11H9F3O4. The van der Waals surface area contributed by atoms with E-state index in [1.54, 1.807) is 24.3 Å². The summed E-state index contributed by atoms with van der Waals surface area (Å²) in [4.78, 5) is 10.5. The van der Waals surface area contributed by atoms with E-state index in [2.05, 4.69) is 4.74 Å². The number of para-hydroxylation sites is 2. The number of carbonyl (C=O) groups excluding carboxylic acids is 1. The van der Waals surface area contributed by atoms with Gasteiger partial charge in [-0.3, -0.25) is 0 Å². The van der Waals surface area contributed by atoms with Crippen LogP contribution in [0.5, 0.6) is 11.5 Å². The molecule has 4 nitrogen and oxygen atoms in total. The first kappa shape index (κ1) is 12.5. The second kappa shape index (κ2) is 4.75. The highest BCUT2D eigenvalue weighted by molar-refractivity contribution is 5.75. The van der Waals surface area contributed by atoms with Gasteiger partial charge in [0.1, 0.15) is 13.2 Å². The molecule has 0 aromatic heterocycles. The van der Waals surface area contributed by atoms with Crippen molar-refractivity contribution in [3.8, 4) is 11.5 Å². The molecule has 1 aromatic rings. The van der Waals surface area contributed by atoms with Crippen molar-refractivity contribution < 1.29 is 32.2 Å². The highest BCUT2D eigenvalue weighted by Crippen LogP contribution is 2.31. The van der Waals surface area contributed by atoms with Gasteiger partial charge in [-0.25, -0.2) is 4.79 Å². The molecule has 1 heterocycles. The van der Waals surface area contributed by atoms with Gasteiger partial charge in [-0.1, -0.05) is 12.1 Å². The number of fused-ring (bicyclic) bond motifs is 1. The fraction of sp³-hybridized carbons (Fsp3) is 0.364. The number of halogens is 3. The van der Waals surface area contributed by atoms with Crippen LogP contribution in [-0.2, 0) is 9.53 Å². The van der Waals surface area contributed by atoms with Crippen LogP contribution in [0, 0.1) is 0 Å². The Labute approximate surface area is 100 Å². The molecule has 0 bridgehead atoms. The normalized spacial score (nSPS) is 18.3. The molecule has 98 valence electrons. The summed E-state index contributed by atoms with van der Waals surface area (Å²) >= 11 is 0. The van der Waals surface area contributed by atoms with Crippen molar-refractivity contribution in [3.05, 3.63) is 24.3 Å². The van der Waals surface area contributed by atoms with Crippen molar-refractivity contribution in [2.45, 2.75) is 12.3 Å². The molecule has 2 rings (SSSR count). The topological polar surface area (TPSA) is 44.8 Å². The first-order chi connectivity index (χ1) is 8.47. The first-order valence-electron chi connectivity index (χ1n) is 5.09. The fourth-order valence-electron chi connectivity index (χ4n) is 1.40. The number of carbonyl (C=O) groups is 1. The summed E-state index contributed by atoms with van der Waals surface area (Å²) in [5, 5.41) is 0. The lowest BCUT2D eigenvalue weighted by atomic mass is 10.3. The quantitative estimate of drug-likeness (QED) is 0.764. The van der Waals surface area contributed by atoms with E-state index in [1.807, 2.05) is 0 Å². The monoisotopic (exact) mass is 262 g/mol. The standard InChI is InChI=1S/C11H9F3O4/c12-11(13,14)10(15)17-6-7-5-16-8-3-1-2-4-9(8)18-7/h1-4,7H,5-6H2. The number of ether oxygens (including phenoxy) is 3. The van der Waals surface area contributed by atoms with Crippen LogP contribution in [0.4, 0.5) is 13.2 Å². The van der Waals surface area contributed by atoms with Crippen LogP contribution in [0.15, 0.2) is 24.3 Å². The van der Waals surface area contributed by atoms with Gasteiger partial charge in [-0.05, 0) is 12.1 Å². The molecule has 0 N–H and O–H groups in total. The van der Waals surface area contributed by atoms with Gasteiger partial charge in [0, 0.05) is 0 Å². The van der Waals surface area contributed by atoms with Crippen molar-refractivity contribution in [1.82, 2.24) is 0 Å². The smallest absolute Gasteiger partial charge is 0.486 e. The molecule has 0 amide bonds. The number of esters is 1. The molecule has 1 aromatic carbocycles. The number of rotatable bonds is 2. The van der Waals surface area contributed by atoms with Crippen molar-refractivity contribution in [1.29, 1.82) is 0 Å². The number of hydrogen-bond donors (Lipinski definition) is 0. The minimum Gasteiger partial charge on any atom is -0.486 e. The average Bonchev–Trinajstić information content (AvgIpc) is 2.34. The Morgan fingerprint density at radius 3 is 2.67 bits per heavy atom. The van der Waals surface area contributed by atoms with E-state index in [0.29, 0.717) is 11.5 Å². The van der Waals surface area contributed by atoms with Crippen LogP contribution < -0.4 is 9.47 Å². The van der Waals surface area contributed by atoms with Crippen molar-refractivity contribution in [3.63, 3.8) is 0 Å². The maximum Gasteiger partial charge on any atom is 0.490 e. The first-order valence-corrected chi connectivity index (χ1v) is 5.09. The molecule has 0 spiro atoms. The Morgan fingerprint density at radius 2 is 2.00 bits per heavy atom. The highest BCUT2D eigenvalue weighted by Gasteiger charge is 2.41. The van der Waals surface area contributed by atoms with Gasteiger partial charge in [0.25, 0.3) is 0 Å². The molecule has 1 aliphatic rings. The summed E-state index contributed by atoms with van der Waals surface area (Å²) in [6, 6.07) is 6.73. The van der Waals surface area contributed by atoms with Crippen LogP contribution in [0.2, 0.25) is 0 Å². The van der Waals surface area contributed by atoms with Gasteiger partial charge in [0.15, 0.2) is 17.6 Å². The third kappa shape index (κ3) is 2.85. The lowest BCUT2D eigenvalue weighted by Crippen LogP contribution is -2.36. The molecular weight excluding hydrogens is 253 g/mol. The van der Waals surface area contributed by atoms with Gasteiger partial charge in [-0.15, -0.1) is 0 Å². The summed E-state index contributed by atoms with van der Waals surface area (Å²) in [6.45, 7) is -0.477. The molecule has 1 unspecified atom stereocenters. The summed E-state index contributed by atoms with van der Waals surface area (Å²) in [7, 11) is 0. The van der Waals surface area contributed by atoms with Crippen LogP contribution in [0.3, 0.4) is 0 Å². The fourth-order valence-corrected chi connectivity index (χ4v) is 1.40. The molecule has 0 radical (unpaired) electrons. The summed E-state index contributed by atoms with van der Waals surface area (Å²) < 4.78 is 50.4. The molecule has 1 atom stereocenters. The van der Waals surface area contributed by atoms with Crippen LogP contribution in [-0.4, -0.2) is 31.5 Å². The van der Waals surface area contributed by atoms with Crippen LogP contribution >= 0.6 is 0 Å². The Balaban J connectivity index is 1.89. The lowest BCUT2D eigenvalue weighted by molar-refractivity contribution is -0.202. The van der Waals surface area contributed by atoms with Crippen LogP contribution in [0.25, 0.3) is 0 Å². The molecule has 0 fully saturated rings. The van der Waals surface area contributed by atoms with E-state index in [9.17, 15) is 18.0 Å².